The molecule has 0 radical (unpaired) electrons. The summed E-state index contributed by atoms with van der Waals surface area (Å²) in [7, 11) is 6.78. The number of esters is 1. The molecular formula is C53H82FIN8O13. The summed E-state index contributed by atoms with van der Waals surface area (Å²) in [5, 5.41) is 79.0. The average Bonchev–Trinajstić information content (AvgIpc) is 3.77. The first-order chi connectivity index (χ1) is 35.8. The van der Waals surface area contributed by atoms with Crippen LogP contribution >= 0.6 is 22.6 Å². The second-order valence-corrected chi connectivity index (χ2v) is 24.4. The van der Waals surface area contributed by atoms with E-state index in [1.165, 1.54) is 25.8 Å². The van der Waals surface area contributed by atoms with Gasteiger partial charge in [0.05, 0.1) is 64.8 Å². The van der Waals surface area contributed by atoms with Crippen LogP contribution in [0.2, 0.25) is 0 Å². The van der Waals surface area contributed by atoms with Crippen LogP contribution in [0.15, 0.2) is 36.7 Å². The molecule has 0 spiro atoms. The molecule has 22 atom stereocenters. The largest absolute Gasteiger partial charge is 0.448 e. The van der Waals surface area contributed by atoms with Gasteiger partial charge < -0.3 is 68.5 Å². The summed E-state index contributed by atoms with van der Waals surface area (Å²) in [4.78, 5) is 18.6. The molecule has 1 aromatic carbocycles. The molecule has 2 aromatic heterocycles. The zero-order valence-electron chi connectivity index (χ0n) is 45.9. The van der Waals surface area contributed by atoms with Crippen LogP contribution in [0, 0.1) is 23.7 Å². The van der Waals surface area contributed by atoms with Crippen molar-refractivity contribution in [3.8, 4) is 5.69 Å². The number of likely N-dealkylation sites (N-methyl/N-ethyl adjacent to an activating group) is 2. The molecule has 10 bridgehead atoms. The van der Waals surface area contributed by atoms with E-state index in [1.54, 1.807) is 45.5 Å². The Balaban J connectivity index is 1.23. The fraction of sp³-hybridized carbons (Fsp3) is 0.792. The van der Waals surface area contributed by atoms with E-state index in [9.17, 15) is 30.3 Å². The van der Waals surface area contributed by atoms with Crippen molar-refractivity contribution in [3.63, 3.8) is 0 Å². The Morgan fingerprint density at radius 1 is 0.895 bits per heavy atom. The first-order valence-corrected chi connectivity index (χ1v) is 28.0. The Hall–Kier alpha value is -2.89. The zero-order chi connectivity index (χ0) is 55.3. The lowest BCUT2D eigenvalue weighted by Gasteiger charge is -2.49. The van der Waals surface area contributed by atoms with E-state index in [1.807, 2.05) is 90.8 Å². The molecule has 4 fully saturated rings. The van der Waals surface area contributed by atoms with E-state index < -0.39 is 125 Å². The third-order valence-electron chi connectivity index (χ3n) is 17.5. The molecule has 2 unspecified atom stereocenters. The van der Waals surface area contributed by atoms with Crippen molar-refractivity contribution in [1.29, 1.82) is 0 Å². The molecule has 76 heavy (non-hydrogen) atoms. The van der Waals surface area contributed by atoms with Crippen LogP contribution in [0.3, 0.4) is 0 Å². The van der Waals surface area contributed by atoms with Crippen molar-refractivity contribution < 1.29 is 67.9 Å². The number of fused-ring (bicyclic) bond motifs is 5. The van der Waals surface area contributed by atoms with Gasteiger partial charge in [-0.3, -0.25) is 4.79 Å². The number of hydrogen-bond donors (Lipinski definition) is 5. The van der Waals surface area contributed by atoms with Crippen LogP contribution in [0.1, 0.15) is 116 Å². The minimum Gasteiger partial charge on any atom is -0.448 e. The minimum atomic E-state index is -1.93. The topological polar surface area (TPSA) is 251 Å². The Labute approximate surface area is 459 Å². The monoisotopic (exact) mass is 1180 g/mol. The lowest BCUT2D eigenvalue weighted by Crippen LogP contribution is -2.61. The summed E-state index contributed by atoms with van der Waals surface area (Å²) in [6.45, 7) is 13.7. The van der Waals surface area contributed by atoms with Crippen molar-refractivity contribution >= 4 is 28.6 Å². The fourth-order valence-electron chi connectivity index (χ4n) is 12.4. The number of hydrogen-bond acceptors (Lipinski definition) is 19. The second-order valence-electron chi connectivity index (χ2n) is 23.3. The summed E-state index contributed by atoms with van der Waals surface area (Å²) in [6.07, 6.45) is -4.84. The molecule has 21 nitrogen and oxygen atoms in total. The number of rotatable bonds is 5. The number of halogens is 2. The van der Waals surface area contributed by atoms with Crippen molar-refractivity contribution in [2.24, 2.45) is 23.7 Å². The number of carbonyl (C=O) groups excluding carboxylic acids is 1. The standard InChI is InChI=1S/C53H82FIN8O13/c1-27-19-39-42(64)49(72-27)75-47-28(2)43(74-41-22-52(7,71-12)46(66)31(5)73-41)29(3)48(67)76-50(55)53(8,69)45(65)30(4)61(10)24-33(21-51(47,6)68)36-20-37(36)38-26-62(59-57-38)35-15-13-32(14-16-35)44(70-11)40(23-54)63-25-34(56-58-63)17-18-60(39)9/h13-16,25-31,33,36-37,39-47,49-50,64-66,68-69H,17-24H2,1-12H3/t27-,28+,29-,30-,31+,33-,36?,37?,39+,40-,41+,42-,43+,44-,45-,46+,47-,49+,50+,51-,52-,53+/m1/s1. The number of aliphatic hydroxyl groups is 5. The maximum atomic E-state index is 15.0. The molecular weight excluding hydrogens is 1100 g/mol. The Morgan fingerprint density at radius 2 is 1.61 bits per heavy atom. The van der Waals surface area contributed by atoms with E-state index in [4.69, 9.17) is 33.2 Å². The molecule has 5 aliphatic heterocycles. The number of carbonyl (C=O) groups is 1. The van der Waals surface area contributed by atoms with E-state index in [-0.39, 0.29) is 30.6 Å². The average molecular weight is 1190 g/mol. The van der Waals surface area contributed by atoms with E-state index in [2.05, 4.69) is 20.6 Å². The summed E-state index contributed by atoms with van der Waals surface area (Å²) in [5.74, 6) is -3.20. The Morgan fingerprint density at radius 3 is 2.28 bits per heavy atom. The van der Waals surface area contributed by atoms with Crippen molar-refractivity contribution in [2.75, 3.05) is 48.1 Å². The normalized spacial score (nSPS) is 43.7. The molecule has 1 saturated carbocycles. The van der Waals surface area contributed by atoms with Gasteiger partial charge in [0.25, 0.3) is 0 Å². The van der Waals surface area contributed by atoms with E-state index >= 15 is 4.39 Å². The smallest absolute Gasteiger partial charge is 0.312 e. The van der Waals surface area contributed by atoms with Crippen LogP contribution in [-0.4, -0.2) is 208 Å². The third kappa shape index (κ3) is 12.2. The number of aliphatic hydroxyl groups excluding tert-OH is 3. The third-order valence-corrected chi connectivity index (χ3v) is 19.1. The van der Waals surface area contributed by atoms with Gasteiger partial charge in [-0.2, -0.15) is 0 Å². The summed E-state index contributed by atoms with van der Waals surface area (Å²) >= 11 is 1.84. The summed E-state index contributed by atoms with van der Waals surface area (Å²) in [5.41, 5.74) is -1.96. The molecule has 7 heterocycles. The first kappa shape index (κ1) is 59.2. The number of cyclic esters (lactones) is 1. The highest BCUT2D eigenvalue weighted by Gasteiger charge is 2.55. The van der Waals surface area contributed by atoms with Gasteiger partial charge in [0, 0.05) is 70.3 Å². The van der Waals surface area contributed by atoms with Crippen LogP contribution in [0.5, 0.6) is 0 Å². The highest BCUT2D eigenvalue weighted by atomic mass is 127. The van der Waals surface area contributed by atoms with Gasteiger partial charge in [0.1, 0.15) is 42.7 Å². The van der Waals surface area contributed by atoms with Gasteiger partial charge in [0.15, 0.2) is 16.7 Å². The van der Waals surface area contributed by atoms with Crippen LogP contribution in [0.25, 0.3) is 5.69 Å². The minimum absolute atomic E-state index is 0.0530. The van der Waals surface area contributed by atoms with Crippen LogP contribution < -0.4 is 0 Å². The number of benzene rings is 1. The molecule has 0 amide bonds. The van der Waals surface area contributed by atoms with Gasteiger partial charge in [-0.05, 0) is 134 Å². The molecule has 3 aromatic rings. The van der Waals surface area contributed by atoms with Gasteiger partial charge >= 0.3 is 5.97 Å². The van der Waals surface area contributed by atoms with Crippen molar-refractivity contribution in [2.45, 2.75) is 194 Å². The Bertz CT molecular complexity index is 2400. The maximum Gasteiger partial charge on any atom is 0.312 e. The number of methoxy groups -OCH3 is 2. The van der Waals surface area contributed by atoms with Gasteiger partial charge in [-0.15, -0.1) is 10.2 Å². The number of nitrogens with zero attached hydrogens (tertiary/aromatic N) is 8. The Kier molecular flexibility index (Phi) is 18.5. The number of aromatic nitrogens is 6. The zero-order valence-corrected chi connectivity index (χ0v) is 48.1. The SMILES string of the molecule is CO[C@@H]1c2ccc(cc2)-n2cc(nn2)C2CC2[C@H]2CN(C)[C@H](C)[C@@H](O)[C@](C)(O)[C@@H](I)OC(=O)[C@H](C)[C@@H](O[C@H]3C[C@@](C)(OC)[C@@H](O)[C@H](C)O3)[C@H](C)[C@@H](O[C@@H]3O[C@H](C)C[C@@H]([C@H]3O)N(C)CCc3cn(nn3)[C@@H]1CF)[C@](C)(O)C2. The van der Waals surface area contributed by atoms with E-state index in [0.717, 1.165) is 16.9 Å². The molecule has 426 valence electrons. The molecule has 23 heteroatoms. The molecule has 3 saturated heterocycles. The fourth-order valence-corrected chi connectivity index (χ4v) is 13.0. The number of ether oxygens (including phenoxy) is 7. The lowest BCUT2D eigenvalue weighted by molar-refractivity contribution is -0.318. The van der Waals surface area contributed by atoms with Gasteiger partial charge in [0.2, 0.25) is 0 Å². The number of alkyl halides is 2. The molecule has 6 aliphatic rings. The van der Waals surface area contributed by atoms with Gasteiger partial charge in [-0.1, -0.05) is 29.5 Å². The predicted octanol–water partition coefficient (Wildman–Crippen LogP) is 3.66. The van der Waals surface area contributed by atoms with E-state index in [0.29, 0.717) is 38.0 Å². The maximum absolute atomic E-state index is 15.0. The second kappa shape index (κ2) is 23.7. The summed E-state index contributed by atoms with van der Waals surface area (Å²) < 4.78 is 61.6. The van der Waals surface area contributed by atoms with Gasteiger partial charge in [-0.25, -0.2) is 13.8 Å². The molecule has 1 aliphatic carbocycles. The van der Waals surface area contributed by atoms with Crippen LogP contribution in [0.4, 0.5) is 4.39 Å². The molecule has 9 rings (SSSR count). The molecule has 5 N–H and O–H groups in total. The van der Waals surface area contributed by atoms with Crippen LogP contribution in [-0.2, 0) is 44.4 Å². The highest BCUT2D eigenvalue weighted by molar-refractivity contribution is 14.1. The van der Waals surface area contributed by atoms with Crippen molar-refractivity contribution in [1.82, 2.24) is 39.8 Å². The first-order valence-electron chi connectivity index (χ1n) is 26.7. The van der Waals surface area contributed by atoms with Crippen molar-refractivity contribution in [3.05, 3.63) is 53.6 Å². The highest BCUT2D eigenvalue weighted by Crippen LogP contribution is 2.54. The summed E-state index contributed by atoms with van der Waals surface area (Å²) in [6, 6.07) is 5.52. The predicted molar refractivity (Wildman–Crippen MR) is 282 cm³/mol. The quantitative estimate of drug-likeness (QED) is 0.139. The lowest BCUT2D eigenvalue weighted by atomic mass is 9.76.